The van der Waals surface area contributed by atoms with Crippen molar-refractivity contribution < 1.29 is 9.90 Å². The molecule has 2 rings (SSSR count). The van der Waals surface area contributed by atoms with Gasteiger partial charge in [0.15, 0.2) is 0 Å². The number of unbranched alkanes of at least 4 members (excludes halogenated alkanes) is 2. The number of hydrogen-bond donors (Lipinski definition) is 4. The van der Waals surface area contributed by atoms with Crippen LogP contribution in [0.15, 0.2) is 6.20 Å². The number of aliphatic hydroxyl groups excluding tert-OH is 1. The van der Waals surface area contributed by atoms with E-state index in [1.165, 1.54) is 19.3 Å². The van der Waals surface area contributed by atoms with Gasteiger partial charge in [-0.3, -0.25) is 4.79 Å². The summed E-state index contributed by atoms with van der Waals surface area (Å²) in [6, 6.07) is 0.364. The molecule has 26 heavy (non-hydrogen) atoms. The number of anilines is 2. The fraction of sp³-hybridized carbons (Fsp3) is 0.737. The molecule has 0 unspecified atom stereocenters. The van der Waals surface area contributed by atoms with Gasteiger partial charge in [0.05, 0.1) is 0 Å². The summed E-state index contributed by atoms with van der Waals surface area (Å²) >= 11 is 0. The van der Waals surface area contributed by atoms with E-state index in [-0.39, 0.29) is 12.5 Å². The lowest BCUT2D eigenvalue weighted by atomic mass is 9.95. The van der Waals surface area contributed by atoms with Gasteiger partial charge in [0, 0.05) is 31.9 Å². The molecule has 0 radical (unpaired) electrons. The molecule has 0 bridgehead atoms. The molecule has 1 aliphatic rings. The summed E-state index contributed by atoms with van der Waals surface area (Å²) in [5.41, 5.74) is 0.487. The molecule has 4 N–H and O–H groups in total. The molecule has 0 atom stereocenters. The first kappa shape index (κ1) is 20.4. The van der Waals surface area contributed by atoms with Gasteiger partial charge in [-0.2, -0.15) is 4.98 Å². The molecule has 1 fully saturated rings. The second-order valence-electron chi connectivity index (χ2n) is 6.90. The standard InChI is InChI=1S/C19H33N5O2/c1-2-3-11-21-19-22-14-16(18(26)20-12-7-8-13-25)17(24-19)23-15-9-5-4-6-10-15/h14-15,25H,2-13H2,1H3,(H,20,26)(H2,21,22,23,24). The van der Waals surface area contributed by atoms with Crippen LogP contribution in [0.2, 0.25) is 0 Å². The maximum Gasteiger partial charge on any atom is 0.256 e. The first-order valence-electron chi connectivity index (χ1n) is 10.0. The number of nitrogens with one attached hydrogen (secondary N) is 3. The number of carbonyl (C=O) groups is 1. The Labute approximate surface area is 156 Å². The highest BCUT2D eigenvalue weighted by Gasteiger charge is 2.19. The van der Waals surface area contributed by atoms with Crippen LogP contribution in [0.3, 0.4) is 0 Å². The normalized spacial score (nSPS) is 14.8. The van der Waals surface area contributed by atoms with Crippen LogP contribution < -0.4 is 16.0 Å². The van der Waals surface area contributed by atoms with Crippen molar-refractivity contribution >= 4 is 17.7 Å². The third kappa shape index (κ3) is 6.78. The summed E-state index contributed by atoms with van der Waals surface area (Å²) in [5.74, 6) is 1.01. The minimum atomic E-state index is -0.165. The molecule has 1 saturated carbocycles. The molecule has 1 aliphatic carbocycles. The second kappa shape index (κ2) is 11.7. The molecule has 1 heterocycles. The van der Waals surface area contributed by atoms with Crippen LogP contribution >= 0.6 is 0 Å². The highest BCUT2D eigenvalue weighted by Crippen LogP contribution is 2.23. The fourth-order valence-electron chi connectivity index (χ4n) is 3.09. The average Bonchev–Trinajstić information content (AvgIpc) is 2.66. The van der Waals surface area contributed by atoms with Gasteiger partial charge in [0.2, 0.25) is 5.95 Å². The maximum atomic E-state index is 12.5. The van der Waals surface area contributed by atoms with Gasteiger partial charge in [-0.25, -0.2) is 4.98 Å². The smallest absolute Gasteiger partial charge is 0.256 e. The molecular weight excluding hydrogens is 330 g/mol. The molecule has 0 aliphatic heterocycles. The average molecular weight is 364 g/mol. The summed E-state index contributed by atoms with van der Waals surface area (Å²) in [6.07, 6.45) is 11.1. The minimum absolute atomic E-state index is 0.144. The van der Waals surface area contributed by atoms with Crippen molar-refractivity contribution in [1.82, 2.24) is 15.3 Å². The Morgan fingerprint density at radius 1 is 1.19 bits per heavy atom. The van der Waals surface area contributed by atoms with E-state index in [0.717, 1.165) is 38.6 Å². The molecule has 0 saturated heterocycles. The van der Waals surface area contributed by atoms with Crippen LogP contribution in [0.4, 0.5) is 11.8 Å². The number of rotatable bonds is 11. The Morgan fingerprint density at radius 2 is 2.00 bits per heavy atom. The zero-order valence-corrected chi connectivity index (χ0v) is 15.9. The lowest BCUT2D eigenvalue weighted by molar-refractivity contribution is 0.0952. The Hall–Kier alpha value is -1.89. The zero-order chi connectivity index (χ0) is 18.6. The number of amides is 1. The summed E-state index contributed by atoms with van der Waals surface area (Å²) in [4.78, 5) is 21.4. The summed E-state index contributed by atoms with van der Waals surface area (Å²) in [5, 5.41) is 18.4. The highest BCUT2D eigenvalue weighted by atomic mass is 16.3. The maximum absolute atomic E-state index is 12.5. The van der Waals surface area contributed by atoms with E-state index in [4.69, 9.17) is 5.11 Å². The number of aliphatic hydroxyl groups is 1. The van der Waals surface area contributed by atoms with E-state index < -0.39 is 0 Å². The molecule has 1 aromatic heterocycles. The van der Waals surface area contributed by atoms with Crippen LogP contribution in [-0.4, -0.2) is 46.7 Å². The second-order valence-corrected chi connectivity index (χ2v) is 6.90. The molecule has 146 valence electrons. The fourth-order valence-corrected chi connectivity index (χ4v) is 3.09. The van der Waals surface area contributed by atoms with Crippen LogP contribution in [0.1, 0.15) is 75.1 Å². The molecule has 1 amide bonds. The summed E-state index contributed by atoms with van der Waals surface area (Å²) < 4.78 is 0. The van der Waals surface area contributed by atoms with Gasteiger partial charge in [-0.1, -0.05) is 32.6 Å². The van der Waals surface area contributed by atoms with Crippen molar-refractivity contribution in [2.45, 2.75) is 70.8 Å². The lowest BCUT2D eigenvalue weighted by Gasteiger charge is -2.24. The van der Waals surface area contributed by atoms with Crippen molar-refractivity contribution in [3.63, 3.8) is 0 Å². The van der Waals surface area contributed by atoms with Crippen molar-refractivity contribution in [3.05, 3.63) is 11.8 Å². The first-order chi connectivity index (χ1) is 12.7. The predicted octanol–water partition coefficient (Wildman–Crippen LogP) is 2.94. The highest BCUT2D eigenvalue weighted by molar-refractivity contribution is 5.98. The van der Waals surface area contributed by atoms with Crippen LogP contribution in [-0.2, 0) is 0 Å². The zero-order valence-electron chi connectivity index (χ0n) is 15.9. The Bertz CT molecular complexity index is 547. The van der Waals surface area contributed by atoms with Crippen molar-refractivity contribution in [2.75, 3.05) is 30.3 Å². The van der Waals surface area contributed by atoms with E-state index >= 15 is 0 Å². The van der Waals surface area contributed by atoms with Gasteiger partial charge in [0.25, 0.3) is 5.91 Å². The van der Waals surface area contributed by atoms with Crippen LogP contribution in [0.5, 0.6) is 0 Å². The Balaban J connectivity index is 2.06. The molecule has 7 heteroatoms. The van der Waals surface area contributed by atoms with Gasteiger partial charge in [-0.15, -0.1) is 0 Å². The van der Waals surface area contributed by atoms with E-state index in [1.54, 1.807) is 6.20 Å². The van der Waals surface area contributed by atoms with E-state index in [9.17, 15) is 4.79 Å². The molecule has 1 aromatic rings. The predicted molar refractivity (Wildman–Crippen MR) is 105 cm³/mol. The third-order valence-electron chi connectivity index (χ3n) is 4.66. The number of hydrogen-bond acceptors (Lipinski definition) is 6. The minimum Gasteiger partial charge on any atom is -0.396 e. The lowest BCUT2D eigenvalue weighted by Crippen LogP contribution is -2.29. The van der Waals surface area contributed by atoms with Gasteiger partial charge in [-0.05, 0) is 32.1 Å². The summed E-state index contributed by atoms with van der Waals surface area (Å²) in [7, 11) is 0. The van der Waals surface area contributed by atoms with Crippen LogP contribution in [0, 0.1) is 0 Å². The molecule has 0 spiro atoms. The largest absolute Gasteiger partial charge is 0.396 e. The summed E-state index contributed by atoms with van der Waals surface area (Å²) in [6.45, 7) is 3.65. The quantitative estimate of drug-likeness (QED) is 0.451. The van der Waals surface area contributed by atoms with Crippen molar-refractivity contribution in [3.8, 4) is 0 Å². The first-order valence-corrected chi connectivity index (χ1v) is 10.0. The Kier molecular flexibility index (Phi) is 9.17. The number of carbonyl (C=O) groups excluding carboxylic acids is 1. The van der Waals surface area contributed by atoms with Crippen molar-refractivity contribution in [2.24, 2.45) is 0 Å². The van der Waals surface area contributed by atoms with Crippen LogP contribution in [0.25, 0.3) is 0 Å². The van der Waals surface area contributed by atoms with Gasteiger partial charge < -0.3 is 21.1 Å². The van der Waals surface area contributed by atoms with Gasteiger partial charge in [0.1, 0.15) is 11.4 Å². The Morgan fingerprint density at radius 3 is 2.73 bits per heavy atom. The van der Waals surface area contributed by atoms with E-state index in [2.05, 4.69) is 32.8 Å². The molecular formula is C19H33N5O2. The molecule has 0 aromatic carbocycles. The van der Waals surface area contributed by atoms with Crippen molar-refractivity contribution in [1.29, 1.82) is 0 Å². The monoisotopic (exact) mass is 363 g/mol. The number of aromatic nitrogens is 2. The SMILES string of the molecule is CCCCNc1ncc(C(=O)NCCCCO)c(NC2CCCCC2)n1. The topological polar surface area (TPSA) is 99.2 Å². The van der Waals surface area contributed by atoms with E-state index in [0.29, 0.717) is 36.3 Å². The van der Waals surface area contributed by atoms with Gasteiger partial charge >= 0.3 is 0 Å². The third-order valence-corrected chi connectivity index (χ3v) is 4.66. The number of nitrogens with zero attached hydrogens (tertiary/aromatic N) is 2. The molecule has 7 nitrogen and oxygen atoms in total. The van der Waals surface area contributed by atoms with E-state index in [1.807, 2.05) is 0 Å².